The molecule has 0 unspecified atom stereocenters. The van der Waals surface area contributed by atoms with Crippen LogP contribution in [0.15, 0.2) is 52.8 Å². The number of nitrogens with zero attached hydrogens (tertiary/aromatic N) is 2. The minimum atomic E-state index is -4.41. The predicted molar refractivity (Wildman–Crippen MR) is 102 cm³/mol. The topological polar surface area (TPSA) is 57.7 Å². The fraction of sp³-hybridized carbons (Fsp3) is 0.250. The second kappa shape index (κ2) is 6.91. The molecule has 0 aliphatic carbocycles. The third kappa shape index (κ3) is 3.62. The van der Waals surface area contributed by atoms with E-state index in [0.29, 0.717) is 43.0 Å². The van der Waals surface area contributed by atoms with Crippen molar-refractivity contribution < 1.29 is 26.4 Å². The maximum absolute atomic E-state index is 12.9. The summed E-state index contributed by atoms with van der Waals surface area (Å²) >= 11 is 0. The van der Waals surface area contributed by atoms with Gasteiger partial charge in [0, 0.05) is 48.4 Å². The molecule has 2 aromatic carbocycles. The molecule has 1 fully saturated rings. The van der Waals surface area contributed by atoms with Crippen molar-refractivity contribution in [3.8, 4) is 0 Å². The lowest BCUT2D eigenvalue weighted by atomic mass is 10.1. The lowest BCUT2D eigenvalue weighted by Gasteiger charge is -2.36. The van der Waals surface area contributed by atoms with Crippen molar-refractivity contribution in [2.45, 2.75) is 11.1 Å². The van der Waals surface area contributed by atoms with Gasteiger partial charge in [-0.3, -0.25) is 4.79 Å². The van der Waals surface area contributed by atoms with Crippen LogP contribution in [0.1, 0.15) is 21.5 Å². The number of alkyl halides is 3. The van der Waals surface area contributed by atoms with Gasteiger partial charge in [0.2, 0.25) is 0 Å². The van der Waals surface area contributed by atoms with E-state index < -0.39 is 21.6 Å². The van der Waals surface area contributed by atoms with Gasteiger partial charge in [0.1, 0.15) is 0 Å². The summed E-state index contributed by atoms with van der Waals surface area (Å²) in [5.41, 5.74) is 0.452. The van der Waals surface area contributed by atoms with Crippen LogP contribution in [-0.2, 0) is 16.0 Å². The van der Waals surface area contributed by atoms with Crippen molar-refractivity contribution in [2.24, 2.45) is 0 Å². The summed E-state index contributed by atoms with van der Waals surface area (Å²) in [4.78, 5) is 16.4. The summed E-state index contributed by atoms with van der Waals surface area (Å²) in [6.07, 6.45) is -2.98. The van der Waals surface area contributed by atoms with E-state index in [2.05, 4.69) is 0 Å². The Kier molecular flexibility index (Phi) is 4.65. The van der Waals surface area contributed by atoms with Crippen molar-refractivity contribution in [1.29, 1.82) is 0 Å². The fourth-order valence-corrected chi connectivity index (χ4v) is 4.81. The van der Waals surface area contributed by atoms with Gasteiger partial charge in [0.25, 0.3) is 5.91 Å². The SMILES string of the molecule is O=C(c1cccc2c1C=CS2(=O)=O)N1CCN(c2cccc(C(F)(F)F)c2)CC1. The minimum Gasteiger partial charge on any atom is -0.368 e. The number of piperazine rings is 1. The monoisotopic (exact) mass is 422 g/mol. The zero-order valence-electron chi connectivity index (χ0n) is 15.2. The zero-order valence-corrected chi connectivity index (χ0v) is 16.0. The summed E-state index contributed by atoms with van der Waals surface area (Å²) in [7, 11) is -3.50. The van der Waals surface area contributed by atoms with Crippen LogP contribution in [0.25, 0.3) is 6.08 Å². The molecule has 2 aliphatic rings. The van der Waals surface area contributed by atoms with E-state index in [-0.39, 0.29) is 10.8 Å². The van der Waals surface area contributed by atoms with Crippen LogP contribution in [0.4, 0.5) is 18.9 Å². The Hall–Kier alpha value is -2.81. The second-order valence-corrected chi connectivity index (χ2v) is 8.69. The van der Waals surface area contributed by atoms with E-state index in [0.717, 1.165) is 17.5 Å². The van der Waals surface area contributed by atoms with Gasteiger partial charge in [-0.15, -0.1) is 0 Å². The van der Waals surface area contributed by atoms with Gasteiger partial charge in [-0.2, -0.15) is 13.2 Å². The number of hydrogen-bond acceptors (Lipinski definition) is 4. The number of benzene rings is 2. The number of halogens is 3. The van der Waals surface area contributed by atoms with Gasteiger partial charge in [-0.05, 0) is 36.4 Å². The number of anilines is 1. The Morgan fingerprint density at radius 3 is 2.34 bits per heavy atom. The third-order valence-corrected chi connectivity index (χ3v) is 6.59. The van der Waals surface area contributed by atoms with E-state index >= 15 is 0 Å². The van der Waals surface area contributed by atoms with Crippen LogP contribution in [0.2, 0.25) is 0 Å². The first-order valence-corrected chi connectivity index (χ1v) is 10.5. The van der Waals surface area contributed by atoms with Crippen LogP contribution in [0.3, 0.4) is 0 Å². The van der Waals surface area contributed by atoms with Crippen LogP contribution in [0.5, 0.6) is 0 Å². The Morgan fingerprint density at radius 1 is 0.966 bits per heavy atom. The average molecular weight is 422 g/mol. The summed E-state index contributed by atoms with van der Waals surface area (Å²) in [5.74, 6) is -0.285. The summed E-state index contributed by atoms with van der Waals surface area (Å²) < 4.78 is 62.8. The Labute approximate surface area is 166 Å². The molecule has 1 saturated heterocycles. The van der Waals surface area contributed by atoms with Gasteiger partial charge in [-0.25, -0.2) is 8.42 Å². The molecule has 9 heteroatoms. The fourth-order valence-electron chi connectivity index (χ4n) is 3.60. The molecular formula is C20H17F3N2O3S. The van der Waals surface area contributed by atoms with Crippen LogP contribution < -0.4 is 4.90 Å². The molecule has 0 radical (unpaired) electrons. The van der Waals surface area contributed by atoms with Gasteiger partial charge in [-0.1, -0.05) is 12.1 Å². The number of amides is 1. The molecule has 5 nitrogen and oxygen atoms in total. The molecule has 0 spiro atoms. The smallest absolute Gasteiger partial charge is 0.368 e. The maximum atomic E-state index is 12.9. The Balaban J connectivity index is 1.50. The molecule has 152 valence electrons. The molecule has 1 amide bonds. The number of carbonyl (C=O) groups excluding carboxylic acids is 1. The van der Waals surface area contributed by atoms with Crippen molar-refractivity contribution in [3.63, 3.8) is 0 Å². The molecule has 0 aromatic heterocycles. The normalized spacial score (nSPS) is 18.0. The highest BCUT2D eigenvalue weighted by atomic mass is 32.2. The van der Waals surface area contributed by atoms with E-state index in [9.17, 15) is 26.4 Å². The maximum Gasteiger partial charge on any atom is 0.416 e. The molecule has 2 aromatic rings. The van der Waals surface area contributed by atoms with Gasteiger partial charge in [0.05, 0.1) is 10.5 Å². The molecule has 0 saturated carbocycles. The van der Waals surface area contributed by atoms with Gasteiger partial charge >= 0.3 is 6.18 Å². The van der Waals surface area contributed by atoms with Gasteiger partial charge in [0.15, 0.2) is 9.84 Å². The Bertz CT molecular complexity index is 1100. The van der Waals surface area contributed by atoms with Crippen molar-refractivity contribution >= 4 is 27.5 Å². The van der Waals surface area contributed by atoms with Crippen LogP contribution in [-0.4, -0.2) is 45.4 Å². The summed E-state index contributed by atoms with van der Waals surface area (Å²) in [6.45, 7) is 1.43. The number of fused-ring (bicyclic) bond motifs is 1. The first-order chi connectivity index (χ1) is 13.7. The number of hydrogen-bond donors (Lipinski definition) is 0. The summed E-state index contributed by atoms with van der Waals surface area (Å²) in [6, 6.07) is 9.72. The van der Waals surface area contributed by atoms with E-state index in [4.69, 9.17) is 0 Å². The van der Waals surface area contributed by atoms with E-state index in [1.807, 2.05) is 0 Å². The second-order valence-electron chi connectivity index (χ2n) is 6.89. The first kappa shape index (κ1) is 19.5. The molecule has 4 rings (SSSR count). The number of carbonyl (C=O) groups is 1. The van der Waals surface area contributed by atoms with Crippen molar-refractivity contribution in [2.75, 3.05) is 31.1 Å². The molecule has 0 N–H and O–H groups in total. The molecule has 2 heterocycles. The molecular weight excluding hydrogens is 405 g/mol. The quantitative estimate of drug-likeness (QED) is 0.744. The lowest BCUT2D eigenvalue weighted by molar-refractivity contribution is -0.137. The molecule has 29 heavy (non-hydrogen) atoms. The largest absolute Gasteiger partial charge is 0.416 e. The zero-order chi connectivity index (χ0) is 20.8. The number of rotatable bonds is 2. The molecule has 2 aliphatic heterocycles. The molecule has 0 bridgehead atoms. The van der Waals surface area contributed by atoms with Crippen LogP contribution in [0, 0.1) is 0 Å². The lowest BCUT2D eigenvalue weighted by Crippen LogP contribution is -2.49. The van der Waals surface area contributed by atoms with Crippen molar-refractivity contribution in [3.05, 3.63) is 64.6 Å². The highest BCUT2D eigenvalue weighted by Gasteiger charge is 2.32. The van der Waals surface area contributed by atoms with Crippen LogP contribution >= 0.6 is 0 Å². The first-order valence-electron chi connectivity index (χ1n) is 8.94. The molecule has 0 atom stereocenters. The van der Waals surface area contributed by atoms with E-state index in [1.165, 1.54) is 24.3 Å². The Morgan fingerprint density at radius 2 is 1.66 bits per heavy atom. The predicted octanol–water partition coefficient (Wildman–Crippen LogP) is 3.43. The number of sulfone groups is 1. The van der Waals surface area contributed by atoms with Crippen molar-refractivity contribution in [1.82, 2.24) is 4.90 Å². The highest BCUT2D eigenvalue weighted by molar-refractivity contribution is 7.94. The van der Waals surface area contributed by atoms with E-state index in [1.54, 1.807) is 21.9 Å². The van der Waals surface area contributed by atoms with Gasteiger partial charge < -0.3 is 9.80 Å². The highest BCUT2D eigenvalue weighted by Crippen LogP contribution is 2.33. The summed E-state index contributed by atoms with van der Waals surface area (Å²) in [5, 5.41) is 1.08. The standard InChI is InChI=1S/C20H17F3N2O3S/c21-20(22,23)14-3-1-4-15(13-14)24-8-10-25(11-9-24)19(26)17-5-2-6-18-16(17)7-12-29(18,27)28/h1-7,12-13H,8-11H2. The third-order valence-electron chi connectivity index (χ3n) is 5.12. The minimum absolute atomic E-state index is 0.117. The average Bonchev–Trinajstić information content (AvgIpc) is 3.02.